The van der Waals surface area contributed by atoms with E-state index in [0.29, 0.717) is 24.3 Å². The summed E-state index contributed by atoms with van der Waals surface area (Å²) in [7, 11) is 0. The summed E-state index contributed by atoms with van der Waals surface area (Å²) < 4.78 is 6.22. The maximum atomic E-state index is 14.1. The molecule has 1 N–H and O–H groups in total. The van der Waals surface area contributed by atoms with Gasteiger partial charge in [-0.15, -0.1) is 0 Å². The maximum absolute atomic E-state index is 14.1. The first kappa shape index (κ1) is 27.7. The third kappa shape index (κ3) is 4.79. The SMILES string of the molecule is C[C@]12CCC3c4ccc(OCCN5CCCCC5)cc4CCC3C1CCC21NC(=O)N(CCN2CCCCC2)C1=O. The van der Waals surface area contributed by atoms with Crippen molar-refractivity contribution < 1.29 is 14.3 Å². The molecule has 3 amide bonds. The topological polar surface area (TPSA) is 65.1 Å². The fraction of sp³-hybridized carbons (Fsp3) is 0.765. The minimum Gasteiger partial charge on any atom is -0.492 e. The summed E-state index contributed by atoms with van der Waals surface area (Å²) in [5.74, 6) is 2.69. The number of carbonyl (C=O) groups is 2. The number of likely N-dealkylation sites (tertiary alicyclic amines) is 2. The van der Waals surface area contributed by atoms with Crippen LogP contribution in [0.3, 0.4) is 0 Å². The Morgan fingerprint density at radius 2 is 1.61 bits per heavy atom. The highest BCUT2D eigenvalue weighted by Crippen LogP contribution is 2.65. The number of imide groups is 1. The van der Waals surface area contributed by atoms with Gasteiger partial charge in [0.1, 0.15) is 17.9 Å². The molecule has 7 rings (SSSR count). The van der Waals surface area contributed by atoms with E-state index in [-0.39, 0.29) is 17.4 Å². The van der Waals surface area contributed by atoms with Crippen LogP contribution in [-0.2, 0) is 11.2 Å². The minimum atomic E-state index is -0.714. The van der Waals surface area contributed by atoms with Gasteiger partial charge in [0, 0.05) is 25.0 Å². The number of hydrogen-bond acceptors (Lipinski definition) is 5. The largest absolute Gasteiger partial charge is 0.492 e. The number of nitrogens with one attached hydrogen (secondary N) is 1. The van der Waals surface area contributed by atoms with E-state index in [2.05, 4.69) is 40.2 Å². The highest BCUT2D eigenvalue weighted by atomic mass is 16.5. The van der Waals surface area contributed by atoms with Crippen LogP contribution >= 0.6 is 0 Å². The molecular formula is C34H50N4O3. The van der Waals surface area contributed by atoms with E-state index >= 15 is 0 Å². The van der Waals surface area contributed by atoms with Gasteiger partial charge in [0.2, 0.25) is 0 Å². The Balaban J connectivity index is 1.02. The fourth-order valence-corrected chi connectivity index (χ4v) is 9.97. The summed E-state index contributed by atoms with van der Waals surface area (Å²) in [6, 6.07) is 6.70. The van der Waals surface area contributed by atoms with Gasteiger partial charge in [-0.1, -0.05) is 25.8 Å². The molecule has 3 saturated heterocycles. The predicted octanol–water partition coefficient (Wildman–Crippen LogP) is 5.18. The van der Waals surface area contributed by atoms with Crippen molar-refractivity contribution in [3.8, 4) is 5.75 Å². The van der Waals surface area contributed by atoms with Gasteiger partial charge in [-0.3, -0.25) is 14.6 Å². The molecule has 4 unspecified atom stereocenters. The Morgan fingerprint density at radius 1 is 0.878 bits per heavy atom. The summed E-state index contributed by atoms with van der Waals surface area (Å²) in [5, 5.41) is 3.32. The Hall–Kier alpha value is -2.12. The monoisotopic (exact) mass is 562 g/mol. The van der Waals surface area contributed by atoms with Gasteiger partial charge in [-0.2, -0.15) is 0 Å². The van der Waals surface area contributed by atoms with E-state index in [4.69, 9.17) is 4.74 Å². The predicted molar refractivity (Wildman–Crippen MR) is 160 cm³/mol. The molecule has 2 saturated carbocycles. The molecule has 3 aliphatic carbocycles. The van der Waals surface area contributed by atoms with Crippen LogP contribution in [0.25, 0.3) is 0 Å². The molecule has 7 heteroatoms. The number of urea groups is 1. The van der Waals surface area contributed by atoms with E-state index < -0.39 is 5.54 Å². The van der Waals surface area contributed by atoms with Crippen LogP contribution < -0.4 is 10.1 Å². The number of piperidine rings is 2. The lowest BCUT2D eigenvalue weighted by Crippen LogP contribution is -2.60. The van der Waals surface area contributed by atoms with Gasteiger partial charge in [-0.25, -0.2) is 4.79 Å². The van der Waals surface area contributed by atoms with E-state index in [1.807, 2.05) is 0 Å². The van der Waals surface area contributed by atoms with Crippen molar-refractivity contribution in [2.75, 3.05) is 52.4 Å². The number of rotatable bonds is 7. The Bertz CT molecular complexity index is 1140. The molecule has 7 nitrogen and oxygen atoms in total. The van der Waals surface area contributed by atoms with Crippen LogP contribution in [0.15, 0.2) is 18.2 Å². The van der Waals surface area contributed by atoms with Crippen molar-refractivity contribution in [1.29, 1.82) is 0 Å². The second kappa shape index (κ2) is 11.2. The zero-order valence-electron chi connectivity index (χ0n) is 25.2. The number of amides is 3. The van der Waals surface area contributed by atoms with Crippen LogP contribution in [0.5, 0.6) is 5.75 Å². The molecule has 3 aliphatic heterocycles. The lowest BCUT2D eigenvalue weighted by molar-refractivity contribution is -0.137. The second-order valence-corrected chi connectivity index (χ2v) is 14.2. The molecule has 41 heavy (non-hydrogen) atoms. The molecule has 6 aliphatic rings. The van der Waals surface area contributed by atoms with Gasteiger partial charge < -0.3 is 15.0 Å². The van der Waals surface area contributed by atoms with Crippen molar-refractivity contribution >= 4 is 11.9 Å². The first-order valence-electron chi connectivity index (χ1n) is 16.8. The lowest BCUT2D eigenvalue weighted by atomic mass is 9.52. The zero-order valence-corrected chi connectivity index (χ0v) is 25.2. The molecule has 5 fully saturated rings. The number of benzene rings is 1. The van der Waals surface area contributed by atoms with Gasteiger partial charge >= 0.3 is 6.03 Å². The van der Waals surface area contributed by atoms with Crippen molar-refractivity contribution in [2.45, 2.75) is 95.4 Å². The number of fused-ring (bicyclic) bond motifs is 6. The smallest absolute Gasteiger partial charge is 0.325 e. The molecule has 5 atom stereocenters. The van der Waals surface area contributed by atoms with E-state index in [9.17, 15) is 9.59 Å². The molecule has 0 aromatic heterocycles. The Kier molecular flexibility index (Phi) is 7.55. The Labute approximate surface area is 246 Å². The highest BCUT2D eigenvalue weighted by molar-refractivity contribution is 6.08. The highest BCUT2D eigenvalue weighted by Gasteiger charge is 2.69. The molecule has 1 spiro atoms. The number of aryl methyl sites for hydroxylation is 1. The van der Waals surface area contributed by atoms with E-state index in [1.165, 1.54) is 69.2 Å². The van der Waals surface area contributed by atoms with Crippen LogP contribution in [0.1, 0.15) is 94.6 Å². The number of ether oxygens (including phenoxy) is 1. The van der Waals surface area contributed by atoms with E-state index in [0.717, 1.165) is 70.6 Å². The summed E-state index contributed by atoms with van der Waals surface area (Å²) >= 11 is 0. The van der Waals surface area contributed by atoms with Crippen molar-refractivity contribution in [2.24, 2.45) is 17.3 Å². The zero-order chi connectivity index (χ0) is 28.0. The number of hydrogen-bond donors (Lipinski definition) is 1. The molecule has 1 aromatic carbocycles. The van der Waals surface area contributed by atoms with Crippen LogP contribution in [-0.4, -0.2) is 84.6 Å². The summed E-state index contributed by atoms with van der Waals surface area (Å²) in [6.07, 6.45) is 13.9. The van der Waals surface area contributed by atoms with Crippen LogP contribution in [0.2, 0.25) is 0 Å². The third-order valence-electron chi connectivity index (χ3n) is 12.3. The molecule has 1 aromatic rings. The van der Waals surface area contributed by atoms with Crippen molar-refractivity contribution in [1.82, 2.24) is 20.0 Å². The molecule has 0 radical (unpaired) electrons. The summed E-state index contributed by atoms with van der Waals surface area (Å²) in [4.78, 5) is 33.8. The average molecular weight is 563 g/mol. The van der Waals surface area contributed by atoms with Gasteiger partial charge in [0.15, 0.2) is 0 Å². The summed E-state index contributed by atoms with van der Waals surface area (Å²) in [5.41, 5.74) is 2.09. The fourth-order valence-electron chi connectivity index (χ4n) is 9.97. The normalized spacial score (nSPS) is 35.7. The van der Waals surface area contributed by atoms with Crippen LogP contribution in [0, 0.1) is 17.3 Å². The molecule has 3 heterocycles. The minimum absolute atomic E-state index is 0.0607. The first-order valence-corrected chi connectivity index (χ1v) is 16.8. The first-order chi connectivity index (χ1) is 20.0. The van der Waals surface area contributed by atoms with Crippen LogP contribution in [0.4, 0.5) is 4.79 Å². The van der Waals surface area contributed by atoms with Crippen molar-refractivity contribution in [3.63, 3.8) is 0 Å². The third-order valence-corrected chi connectivity index (χ3v) is 12.3. The van der Waals surface area contributed by atoms with Gasteiger partial charge in [-0.05, 0) is 131 Å². The second-order valence-electron chi connectivity index (χ2n) is 14.2. The standard InChI is InChI=1S/C34H50N4O3/c1-33-14-12-28-27-11-9-26(41-23-22-37-18-6-3-7-19-37)24-25(27)8-10-29(28)30(33)13-15-34(33)31(39)38(32(40)35-34)21-20-36-16-4-2-5-17-36/h9,11,24,28-30H,2-8,10,12-23H2,1H3,(H,35,40)/t28?,29?,30?,33-,34?/m0/s1. The number of nitrogens with zero attached hydrogens (tertiary/aromatic N) is 3. The average Bonchev–Trinajstić information content (AvgIpc) is 3.44. The Morgan fingerprint density at radius 3 is 2.37 bits per heavy atom. The molecular weight excluding hydrogens is 512 g/mol. The number of carbonyl (C=O) groups excluding carboxylic acids is 2. The quantitative estimate of drug-likeness (QED) is 0.464. The lowest BCUT2D eigenvalue weighted by Gasteiger charge is -2.53. The maximum Gasteiger partial charge on any atom is 0.325 e. The molecule has 0 bridgehead atoms. The molecule has 224 valence electrons. The van der Waals surface area contributed by atoms with E-state index in [1.54, 1.807) is 4.90 Å². The van der Waals surface area contributed by atoms with Crippen molar-refractivity contribution in [3.05, 3.63) is 29.3 Å². The van der Waals surface area contributed by atoms with Gasteiger partial charge in [0.25, 0.3) is 5.91 Å². The summed E-state index contributed by atoms with van der Waals surface area (Å²) in [6.45, 7) is 10.1. The van der Waals surface area contributed by atoms with Gasteiger partial charge in [0.05, 0.1) is 0 Å².